The first kappa shape index (κ1) is 24.0. The number of ether oxygens (including phenoxy) is 1. The van der Waals surface area contributed by atoms with Crippen molar-refractivity contribution < 1.29 is 40.4 Å². The Morgan fingerprint density at radius 1 is 0.853 bits per heavy atom. The van der Waals surface area contributed by atoms with Gasteiger partial charge in [-0.25, -0.2) is 0 Å². The lowest BCUT2D eigenvalue weighted by atomic mass is 9.75. The minimum absolute atomic E-state index is 0.0771. The van der Waals surface area contributed by atoms with Crippen LogP contribution in [-0.4, -0.2) is 14.2 Å². The molecule has 1 aliphatic rings. The number of benzene rings is 3. The van der Waals surface area contributed by atoms with E-state index < -0.39 is 36.7 Å². The lowest BCUT2D eigenvalue weighted by molar-refractivity contribution is -0.142. The van der Waals surface area contributed by atoms with Gasteiger partial charge in [0.15, 0.2) is 5.75 Å². The van der Waals surface area contributed by atoms with Crippen LogP contribution >= 0.6 is 0 Å². The molecule has 3 aromatic rings. The summed E-state index contributed by atoms with van der Waals surface area (Å²) < 4.78 is 97.3. The van der Waals surface area contributed by atoms with Crippen molar-refractivity contribution in [2.75, 3.05) is 7.11 Å². The molecule has 178 valence electrons. The number of rotatable bonds is 5. The summed E-state index contributed by atoms with van der Waals surface area (Å²) >= 11 is 0. The van der Waals surface area contributed by atoms with Crippen molar-refractivity contribution in [1.82, 2.24) is 0 Å². The largest absolute Gasteiger partial charge is 0.563 e. The number of methoxy groups -OCH3 is 1. The standard InChI is InChI=1S/C24H19BF6O3/c1-32-21-9-5-8-19-20(11-10-15-6-3-2-4-7-15)33-25(34-22(19)21)18-13-16(23(26,27)28)12-17(14-18)24(29,30)31/h2-9,12-14,20H,10-11H2,1H3. The van der Waals surface area contributed by atoms with Gasteiger partial charge >= 0.3 is 19.5 Å². The third kappa shape index (κ3) is 5.17. The van der Waals surface area contributed by atoms with Crippen LogP contribution in [0.25, 0.3) is 0 Å². The van der Waals surface area contributed by atoms with Crippen LogP contribution < -0.4 is 14.9 Å². The summed E-state index contributed by atoms with van der Waals surface area (Å²) in [6, 6.07) is 15.8. The Kier molecular flexibility index (Phi) is 6.53. The SMILES string of the molecule is COc1cccc2c1OB(c1cc(C(F)(F)F)cc(C(F)(F)F)c1)OC2CCc1ccccc1. The summed E-state index contributed by atoms with van der Waals surface area (Å²) in [6.07, 6.45) is -9.60. The summed E-state index contributed by atoms with van der Waals surface area (Å²) in [5.74, 6) is 0.531. The van der Waals surface area contributed by atoms with E-state index in [1.54, 1.807) is 18.2 Å². The maximum atomic E-state index is 13.4. The van der Waals surface area contributed by atoms with Crippen LogP contribution in [0, 0.1) is 0 Å². The third-order valence-corrected chi connectivity index (χ3v) is 5.51. The number of hydrogen-bond donors (Lipinski definition) is 0. The van der Waals surface area contributed by atoms with E-state index in [1.807, 2.05) is 30.3 Å². The summed E-state index contributed by atoms with van der Waals surface area (Å²) in [7, 11) is -0.0953. The van der Waals surface area contributed by atoms with Crippen molar-refractivity contribution >= 4 is 12.6 Å². The van der Waals surface area contributed by atoms with Gasteiger partial charge in [-0.05, 0) is 48.1 Å². The van der Waals surface area contributed by atoms with Gasteiger partial charge in [-0.1, -0.05) is 42.5 Å². The van der Waals surface area contributed by atoms with Crippen LogP contribution in [0.15, 0.2) is 66.7 Å². The summed E-state index contributed by atoms with van der Waals surface area (Å²) in [5.41, 5.74) is -1.64. The number of alkyl halides is 6. The predicted octanol–water partition coefficient (Wildman–Crippen LogP) is 6.21. The van der Waals surface area contributed by atoms with Crippen LogP contribution in [0.5, 0.6) is 11.5 Å². The molecule has 3 aromatic carbocycles. The second kappa shape index (κ2) is 9.25. The topological polar surface area (TPSA) is 27.7 Å². The fraction of sp³-hybridized carbons (Fsp3) is 0.250. The van der Waals surface area contributed by atoms with Crippen LogP contribution in [-0.2, 0) is 23.4 Å². The Morgan fingerprint density at radius 2 is 1.50 bits per heavy atom. The Balaban J connectivity index is 1.74. The molecule has 3 nitrogen and oxygen atoms in total. The van der Waals surface area contributed by atoms with E-state index in [9.17, 15) is 26.3 Å². The second-order valence-corrected chi connectivity index (χ2v) is 7.82. The van der Waals surface area contributed by atoms with E-state index in [1.165, 1.54) is 7.11 Å². The minimum Gasteiger partial charge on any atom is -0.529 e. The van der Waals surface area contributed by atoms with Crippen molar-refractivity contribution in [3.63, 3.8) is 0 Å². The molecule has 0 fully saturated rings. The fourth-order valence-electron chi connectivity index (χ4n) is 3.86. The van der Waals surface area contributed by atoms with Crippen LogP contribution in [0.4, 0.5) is 26.3 Å². The molecule has 0 spiro atoms. The molecule has 0 saturated heterocycles. The summed E-state index contributed by atoms with van der Waals surface area (Å²) in [5, 5.41) is 0. The molecule has 0 radical (unpaired) electrons. The van der Waals surface area contributed by atoms with E-state index in [0.29, 0.717) is 36.3 Å². The molecule has 34 heavy (non-hydrogen) atoms. The monoisotopic (exact) mass is 480 g/mol. The van der Waals surface area contributed by atoms with E-state index in [-0.39, 0.29) is 17.3 Å². The Morgan fingerprint density at radius 3 is 2.09 bits per heavy atom. The maximum absolute atomic E-state index is 13.4. The normalized spacial score (nSPS) is 16.1. The highest BCUT2D eigenvalue weighted by Crippen LogP contribution is 2.42. The lowest BCUT2D eigenvalue weighted by Gasteiger charge is -2.32. The second-order valence-electron chi connectivity index (χ2n) is 7.82. The first-order valence-electron chi connectivity index (χ1n) is 10.4. The molecule has 0 aliphatic carbocycles. The van der Waals surface area contributed by atoms with Gasteiger partial charge < -0.3 is 14.0 Å². The lowest BCUT2D eigenvalue weighted by Crippen LogP contribution is -2.44. The van der Waals surface area contributed by atoms with Crippen molar-refractivity contribution in [3.05, 3.63) is 89.0 Å². The predicted molar refractivity (Wildman–Crippen MR) is 114 cm³/mol. The molecule has 0 aromatic heterocycles. The van der Waals surface area contributed by atoms with Gasteiger partial charge in [0, 0.05) is 5.56 Å². The van der Waals surface area contributed by atoms with E-state index in [4.69, 9.17) is 14.0 Å². The molecule has 1 unspecified atom stereocenters. The zero-order valence-corrected chi connectivity index (χ0v) is 17.9. The van der Waals surface area contributed by atoms with E-state index >= 15 is 0 Å². The molecule has 10 heteroatoms. The average Bonchev–Trinajstić information content (AvgIpc) is 2.81. The van der Waals surface area contributed by atoms with Crippen molar-refractivity contribution in [2.24, 2.45) is 0 Å². The number of halogens is 6. The smallest absolute Gasteiger partial charge is 0.529 e. The number of hydrogen-bond acceptors (Lipinski definition) is 3. The van der Waals surface area contributed by atoms with E-state index in [2.05, 4.69) is 0 Å². The molecule has 1 aliphatic heterocycles. The molecule has 4 rings (SSSR count). The number of para-hydroxylation sites is 1. The van der Waals surface area contributed by atoms with Gasteiger partial charge in [-0.2, -0.15) is 26.3 Å². The zero-order chi connectivity index (χ0) is 24.5. The Hall–Kier alpha value is -3.14. The summed E-state index contributed by atoms with van der Waals surface area (Å²) in [6.45, 7) is 0. The van der Waals surface area contributed by atoms with Gasteiger partial charge in [-0.15, -0.1) is 0 Å². The molecular weight excluding hydrogens is 461 g/mol. The molecular formula is C24H19BF6O3. The van der Waals surface area contributed by atoms with Gasteiger partial charge in [0.2, 0.25) is 0 Å². The minimum atomic E-state index is -4.98. The Labute approximate surface area is 192 Å². The van der Waals surface area contributed by atoms with Crippen LogP contribution in [0.1, 0.15) is 34.8 Å². The van der Waals surface area contributed by atoms with Crippen molar-refractivity contribution in [3.8, 4) is 11.5 Å². The van der Waals surface area contributed by atoms with Crippen molar-refractivity contribution in [1.29, 1.82) is 0 Å². The highest BCUT2D eigenvalue weighted by atomic mass is 19.4. The molecule has 1 heterocycles. The highest BCUT2D eigenvalue weighted by Gasteiger charge is 2.42. The first-order chi connectivity index (χ1) is 16.1. The number of fused-ring (bicyclic) bond motifs is 1. The molecule has 0 N–H and O–H groups in total. The summed E-state index contributed by atoms with van der Waals surface area (Å²) in [4.78, 5) is 0. The fourth-order valence-corrected chi connectivity index (χ4v) is 3.86. The molecule has 0 saturated carbocycles. The van der Waals surface area contributed by atoms with Crippen molar-refractivity contribution in [2.45, 2.75) is 31.3 Å². The van der Waals surface area contributed by atoms with Crippen LogP contribution in [0.3, 0.4) is 0 Å². The van der Waals surface area contributed by atoms with Gasteiger partial charge in [0.25, 0.3) is 0 Å². The Bertz CT molecular complexity index is 1120. The average molecular weight is 480 g/mol. The zero-order valence-electron chi connectivity index (χ0n) is 17.9. The molecule has 0 bridgehead atoms. The van der Waals surface area contributed by atoms with Gasteiger partial charge in [0.1, 0.15) is 5.75 Å². The van der Waals surface area contributed by atoms with Gasteiger partial charge in [-0.3, -0.25) is 0 Å². The highest BCUT2D eigenvalue weighted by molar-refractivity contribution is 6.62. The van der Waals surface area contributed by atoms with E-state index in [0.717, 1.165) is 5.56 Å². The third-order valence-electron chi connectivity index (χ3n) is 5.51. The number of aryl methyl sites for hydroxylation is 1. The maximum Gasteiger partial charge on any atom is 0.563 e. The first-order valence-corrected chi connectivity index (χ1v) is 10.4. The molecule has 0 amide bonds. The molecule has 1 atom stereocenters. The van der Waals surface area contributed by atoms with Gasteiger partial charge in [0.05, 0.1) is 24.3 Å². The quantitative estimate of drug-likeness (QED) is 0.321. The van der Waals surface area contributed by atoms with Crippen LogP contribution in [0.2, 0.25) is 0 Å².